The van der Waals surface area contributed by atoms with Crippen LogP contribution < -0.4 is 0 Å². The first-order valence-corrected chi connectivity index (χ1v) is 8.11. The fourth-order valence-electron chi connectivity index (χ4n) is 3.15. The quantitative estimate of drug-likeness (QED) is 0.723. The van der Waals surface area contributed by atoms with Crippen LogP contribution in [0, 0.1) is 0 Å². The number of hydrogen-bond acceptors (Lipinski definition) is 5. The van der Waals surface area contributed by atoms with Gasteiger partial charge in [0.05, 0.1) is 47.2 Å². The number of likely N-dealkylation sites (tertiary alicyclic amines) is 1. The number of piperidine rings is 1. The minimum atomic E-state index is 0.331. The maximum absolute atomic E-state index is 6.05. The molecule has 1 fully saturated rings. The molecule has 0 amide bonds. The number of nitrogens with zero attached hydrogens (tertiary/aromatic N) is 6. The van der Waals surface area contributed by atoms with Gasteiger partial charge in [0, 0.05) is 6.20 Å². The minimum Gasteiger partial charge on any atom is -0.298 e. The second kappa shape index (κ2) is 5.86. The lowest BCUT2D eigenvalue weighted by Crippen LogP contribution is -2.30. The zero-order chi connectivity index (χ0) is 15.8. The Balaban J connectivity index is 1.77. The average Bonchev–Trinajstić information content (AvgIpc) is 2.98. The molecule has 3 aromatic heterocycles. The van der Waals surface area contributed by atoms with Crippen LogP contribution in [0.15, 0.2) is 31.0 Å². The van der Waals surface area contributed by atoms with Gasteiger partial charge in [-0.15, -0.1) is 0 Å². The molecule has 3 aromatic rings. The normalized spacial score (nSPS) is 19.3. The number of fused-ring (bicyclic) bond motifs is 1. The fraction of sp³-hybridized carbons (Fsp3) is 0.375. The standard InChI is InChI=1S/C16H17ClN6/c1-22-5-3-2-4-14(22)12-7-18-8-13(21-12)15-9-20-16-19-6-11(17)10-23(15)16/h6-10,14H,2-5H2,1H3. The highest BCUT2D eigenvalue weighted by atomic mass is 35.5. The Morgan fingerprint density at radius 2 is 2.00 bits per heavy atom. The maximum atomic E-state index is 6.05. The third kappa shape index (κ3) is 2.68. The van der Waals surface area contributed by atoms with Crippen molar-refractivity contribution in [3.8, 4) is 11.4 Å². The van der Waals surface area contributed by atoms with Crippen molar-refractivity contribution in [1.29, 1.82) is 0 Å². The predicted octanol–water partition coefficient (Wildman–Crippen LogP) is 3.00. The van der Waals surface area contributed by atoms with E-state index in [1.807, 2.05) is 10.6 Å². The molecule has 1 atom stereocenters. The molecule has 4 heterocycles. The Morgan fingerprint density at radius 3 is 2.87 bits per heavy atom. The molecule has 6 nitrogen and oxygen atoms in total. The van der Waals surface area contributed by atoms with Crippen LogP contribution in [0.2, 0.25) is 5.02 Å². The molecule has 118 valence electrons. The van der Waals surface area contributed by atoms with Gasteiger partial charge in [-0.2, -0.15) is 0 Å². The van der Waals surface area contributed by atoms with Crippen LogP contribution in [0.4, 0.5) is 0 Å². The van der Waals surface area contributed by atoms with Gasteiger partial charge in [-0.1, -0.05) is 18.0 Å². The second-order valence-corrected chi connectivity index (χ2v) is 6.34. The monoisotopic (exact) mass is 328 g/mol. The summed E-state index contributed by atoms with van der Waals surface area (Å²) in [6, 6.07) is 0.331. The third-order valence-electron chi connectivity index (χ3n) is 4.36. The molecule has 0 saturated carbocycles. The average molecular weight is 329 g/mol. The van der Waals surface area contributed by atoms with Gasteiger partial charge in [0.25, 0.3) is 0 Å². The van der Waals surface area contributed by atoms with E-state index in [4.69, 9.17) is 16.6 Å². The number of rotatable bonds is 2. The van der Waals surface area contributed by atoms with E-state index in [0.717, 1.165) is 30.0 Å². The predicted molar refractivity (Wildman–Crippen MR) is 88.2 cm³/mol. The highest BCUT2D eigenvalue weighted by molar-refractivity contribution is 6.30. The van der Waals surface area contributed by atoms with Gasteiger partial charge in [0.1, 0.15) is 5.69 Å². The molecule has 1 aliphatic heterocycles. The Labute approximate surface area is 139 Å². The largest absolute Gasteiger partial charge is 0.298 e. The van der Waals surface area contributed by atoms with Crippen LogP contribution in [0.3, 0.4) is 0 Å². The van der Waals surface area contributed by atoms with Crippen molar-refractivity contribution in [3.05, 3.63) is 41.7 Å². The Bertz CT molecular complexity index is 845. The Hall–Kier alpha value is -2.05. The zero-order valence-corrected chi connectivity index (χ0v) is 13.6. The number of imidazole rings is 1. The van der Waals surface area contributed by atoms with E-state index in [0.29, 0.717) is 16.8 Å². The van der Waals surface area contributed by atoms with Crippen LogP contribution in [-0.2, 0) is 0 Å². The van der Waals surface area contributed by atoms with E-state index in [9.17, 15) is 0 Å². The lowest BCUT2D eigenvalue weighted by molar-refractivity contribution is 0.183. The van der Waals surface area contributed by atoms with Gasteiger partial charge in [0.2, 0.25) is 5.78 Å². The summed E-state index contributed by atoms with van der Waals surface area (Å²) in [6.45, 7) is 1.10. The Morgan fingerprint density at radius 1 is 1.13 bits per heavy atom. The van der Waals surface area contributed by atoms with Gasteiger partial charge in [-0.25, -0.2) is 15.0 Å². The van der Waals surface area contributed by atoms with E-state index in [-0.39, 0.29) is 0 Å². The molecular weight excluding hydrogens is 312 g/mol. The van der Waals surface area contributed by atoms with Gasteiger partial charge >= 0.3 is 0 Å². The summed E-state index contributed by atoms with van der Waals surface area (Å²) in [7, 11) is 2.15. The maximum Gasteiger partial charge on any atom is 0.234 e. The van der Waals surface area contributed by atoms with Crippen molar-refractivity contribution in [2.45, 2.75) is 25.3 Å². The van der Waals surface area contributed by atoms with Crippen molar-refractivity contribution in [3.63, 3.8) is 0 Å². The molecule has 0 spiro atoms. The number of halogens is 1. The first-order valence-electron chi connectivity index (χ1n) is 7.73. The van der Waals surface area contributed by atoms with Crippen LogP contribution in [0.1, 0.15) is 31.0 Å². The summed E-state index contributed by atoms with van der Waals surface area (Å²) in [5, 5.41) is 0.563. The molecule has 1 saturated heterocycles. The summed E-state index contributed by atoms with van der Waals surface area (Å²) in [5.74, 6) is 0.603. The van der Waals surface area contributed by atoms with Crippen molar-refractivity contribution >= 4 is 17.4 Å². The van der Waals surface area contributed by atoms with E-state index < -0.39 is 0 Å². The fourth-order valence-corrected chi connectivity index (χ4v) is 3.30. The summed E-state index contributed by atoms with van der Waals surface area (Å²) in [6.07, 6.45) is 12.4. The Kier molecular flexibility index (Phi) is 3.71. The SMILES string of the molecule is CN1CCCCC1c1cncc(-c2cnc3ncc(Cl)cn23)n1. The summed E-state index contributed by atoms with van der Waals surface area (Å²) < 4.78 is 1.85. The van der Waals surface area contributed by atoms with Crippen LogP contribution in [-0.4, -0.2) is 42.8 Å². The smallest absolute Gasteiger partial charge is 0.234 e. The van der Waals surface area contributed by atoms with Gasteiger partial charge in [-0.05, 0) is 26.4 Å². The lowest BCUT2D eigenvalue weighted by Gasteiger charge is -2.31. The van der Waals surface area contributed by atoms with Gasteiger partial charge in [0.15, 0.2) is 0 Å². The number of aromatic nitrogens is 5. The second-order valence-electron chi connectivity index (χ2n) is 5.91. The molecule has 1 unspecified atom stereocenters. The third-order valence-corrected chi connectivity index (χ3v) is 4.56. The molecule has 0 bridgehead atoms. The van der Waals surface area contributed by atoms with Crippen LogP contribution in [0.5, 0.6) is 0 Å². The molecule has 7 heteroatoms. The molecule has 23 heavy (non-hydrogen) atoms. The molecule has 0 aromatic carbocycles. The van der Waals surface area contributed by atoms with Crippen molar-refractivity contribution in [1.82, 2.24) is 29.2 Å². The van der Waals surface area contributed by atoms with Crippen LogP contribution >= 0.6 is 11.6 Å². The first kappa shape index (κ1) is 14.5. The topological polar surface area (TPSA) is 59.2 Å². The summed E-state index contributed by atoms with van der Waals surface area (Å²) in [4.78, 5) is 20.1. The minimum absolute atomic E-state index is 0.331. The molecule has 0 N–H and O–H groups in total. The van der Waals surface area contributed by atoms with Gasteiger partial charge in [-0.3, -0.25) is 14.3 Å². The molecule has 0 radical (unpaired) electrons. The van der Waals surface area contributed by atoms with E-state index >= 15 is 0 Å². The van der Waals surface area contributed by atoms with E-state index in [2.05, 4.69) is 26.9 Å². The zero-order valence-electron chi connectivity index (χ0n) is 12.9. The molecule has 1 aliphatic rings. The highest BCUT2D eigenvalue weighted by Gasteiger charge is 2.22. The van der Waals surface area contributed by atoms with Crippen molar-refractivity contribution < 1.29 is 0 Å². The molecule has 4 rings (SSSR count). The summed E-state index contributed by atoms with van der Waals surface area (Å²) >= 11 is 6.05. The van der Waals surface area contributed by atoms with Crippen molar-refractivity contribution in [2.75, 3.05) is 13.6 Å². The van der Waals surface area contributed by atoms with Crippen LogP contribution in [0.25, 0.3) is 17.2 Å². The van der Waals surface area contributed by atoms with E-state index in [1.165, 1.54) is 12.8 Å². The van der Waals surface area contributed by atoms with Gasteiger partial charge < -0.3 is 0 Å². The summed E-state index contributed by atoms with van der Waals surface area (Å²) in [5.41, 5.74) is 2.65. The van der Waals surface area contributed by atoms with Crippen molar-refractivity contribution in [2.24, 2.45) is 0 Å². The molecule has 0 aliphatic carbocycles. The first-order chi connectivity index (χ1) is 11.2. The lowest BCUT2D eigenvalue weighted by atomic mass is 10.0. The van der Waals surface area contributed by atoms with E-state index in [1.54, 1.807) is 24.8 Å². The number of hydrogen-bond donors (Lipinski definition) is 0. The molecular formula is C16H17ClN6. The highest BCUT2D eigenvalue weighted by Crippen LogP contribution is 2.29.